The molecular formula is C16H23N3O. The number of hydrogen-bond acceptors (Lipinski definition) is 3. The van der Waals surface area contributed by atoms with E-state index in [0.29, 0.717) is 12.1 Å². The number of anilines is 1. The maximum absolute atomic E-state index is 12.7. The monoisotopic (exact) mass is 273 g/mol. The smallest absolute Gasteiger partial charge is 0.254 e. The quantitative estimate of drug-likeness (QED) is 0.895. The Balaban J connectivity index is 1.75. The molecule has 0 spiro atoms. The molecule has 1 N–H and O–H groups in total. The zero-order valence-corrected chi connectivity index (χ0v) is 12.3. The standard InChI is InChI=1S/C16H23N3O/c1-12-10-18-9-3-4-15(18)11-19(12)16(20)13-5-7-14(17-2)8-6-13/h5-8,12,15,17H,3-4,9-11H2,1-2H3. The van der Waals surface area contributed by atoms with Crippen molar-refractivity contribution in [3.05, 3.63) is 29.8 Å². The molecule has 3 rings (SSSR count). The normalized spacial score (nSPS) is 26.4. The van der Waals surface area contributed by atoms with Gasteiger partial charge in [-0.1, -0.05) is 0 Å². The van der Waals surface area contributed by atoms with Crippen LogP contribution in [0.2, 0.25) is 0 Å². The minimum atomic E-state index is 0.173. The zero-order chi connectivity index (χ0) is 14.1. The van der Waals surface area contributed by atoms with Gasteiger partial charge in [0.25, 0.3) is 5.91 Å². The Morgan fingerprint density at radius 3 is 2.70 bits per heavy atom. The van der Waals surface area contributed by atoms with Crippen LogP contribution in [0.25, 0.3) is 0 Å². The lowest BCUT2D eigenvalue weighted by molar-refractivity contribution is 0.0395. The second-order valence-electron chi connectivity index (χ2n) is 5.92. The number of nitrogens with zero attached hydrogens (tertiary/aromatic N) is 2. The summed E-state index contributed by atoms with van der Waals surface area (Å²) in [5.41, 5.74) is 1.83. The number of amides is 1. The first kappa shape index (κ1) is 13.4. The van der Waals surface area contributed by atoms with Gasteiger partial charge in [0.05, 0.1) is 0 Å². The molecule has 1 aromatic rings. The van der Waals surface area contributed by atoms with E-state index < -0.39 is 0 Å². The molecule has 2 fully saturated rings. The third-order valence-electron chi connectivity index (χ3n) is 4.62. The number of carbonyl (C=O) groups excluding carboxylic acids is 1. The fraction of sp³-hybridized carbons (Fsp3) is 0.562. The van der Waals surface area contributed by atoms with Crippen LogP contribution in [0.3, 0.4) is 0 Å². The maximum Gasteiger partial charge on any atom is 0.254 e. The van der Waals surface area contributed by atoms with E-state index in [1.54, 1.807) is 0 Å². The Kier molecular flexibility index (Phi) is 3.66. The fourth-order valence-electron chi connectivity index (χ4n) is 3.42. The van der Waals surface area contributed by atoms with Gasteiger partial charge in [-0.05, 0) is 50.6 Å². The summed E-state index contributed by atoms with van der Waals surface area (Å²) in [5.74, 6) is 0.173. The van der Waals surface area contributed by atoms with Crippen LogP contribution in [0, 0.1) is 0 Å². The van der Waals surface area contributed by atoms with Crippen LogP contribution in [-0.2, 0) is 0 Å². The Morgan fingerprint density at radius 2 is 2.00 bits per heavy atom. The Bertz CT molecular complexity index is 485. The van der Waals surface area contributed by atoms with Crippen molar-refractivity contribution in [3.63, 3.8) is 0 Å². The number of piperazine rings is 1. The van der Waals surface area contributed by atoms with Crippen LogP contribution in [0.1, 0.15) is 30.1 Å². The molecule has 1 aromatic carbocycles. The molecule has 1 amide bonds. The Labute approximate surface area is 120 Å². The summed E-state index contributed by atoms with van der Waals surface area (Å²) < 4.78 is 0. The highest BCUT2D eigenvalue weighted by molar-refractivity contribution is 5.94. The summed E-state index contributed by atoms with van der Waals surface area (Å²) in [7, 11) is 1.89. The third-order valence-corrected chi connectivity index (χ3v) is 4.62. The van der Waals surface area contributed by atoms with Gasteiger partial charge in [-0.2, -0.15) is 0 Å². The molecule has 20 heavy (non-hydrogen) atoms. The van der Waals surface area contributed by atoms with E-state index in [0.717, 1.165) is 24.3 Å². The summed E-state index contributed by atoms with van der Waals surface area (Å²) in [5, 5.41) is 3.08. The molecule has 0 bridgehead atoms. The number of rotatable bonds is 2. The predicted octanol–water partition coefficient (Wildman–Crippen LogP) is 2.04. The van der Waals surface area contributed by atoms with E-state index >= 15 is 0 Å². The lowest BCUT2D eigenvalue weighted by atomic mass is 10.1. The van der Waals surface area contributed by atoms with Gasteiger partial charge in [-0.25, -0.2) is 0 Å². The van der Waals surface area contributed by atoms with Gasteiger partial charge < -0.3 is 10.2 Å². The van der Waals surface area contributed by atoms with E-state index in [1.165, 1.54) is 19.4 Å². The van der Waals surface area contributed by atoms with Crippen molar-refractivity contribution in [2.45, 2.75) is 31.8 Å². The number of nitrogens with one attached hydrogen (secondary N) is 1. The van der Waals surface area contributed by atoms with E-state index in [-0.39, 0.29) is 5.91 Å². The zero-order valence-electron chi connectivity index (χ0n) is 12.3. The van der Waals surface area contributed by atoms with Crippen LogP contribution in [-0.4, -0.2) is 54.5 Å². The van der Waals surface area contributed by atoms with E-state index in [1.807, 2.05) is 31.3 Å². The maximum atomic E-state index is 12.7. The predicted molar refractivity (Wildman–Crippen MR) is 81.1 cm³/mol. The van der Waals surface area contributed by atoms with E-state index in [9.17, 15) is 4.79 Å². The fourth-order valence-corrected chi connectivity index (χ4v) is 3.42. The molecule has 0 aromatic heterocycles. The lowest BCUT2D eigenvalue weighted by Crippen LogP contribution is -2.56. The van der Waals surface area contributed by atoms with Gasteiger partial charge in [0.2, 0.25) is 0 Å². The third kappa shape index (κ3) is 2.40. The number of benzene rings is 1. The highest BCUT2D eigenvalue weighted by Gasteiger charge is 2.36. The average molecular weight is 273 g/mol. The summed E-state index contributed by atoms with van der Waals surface area (Å²) in [6.07, 6.45) is 2.51. The summed E-state index contributed by atoms with van der Waals surface area (Å²) >= 11 is 0. The molecule has 2 aliphatic rings. The van der Waals surface area contributed by atoms with Crippen molar-refractivity contribution in [1.29, 1.82) is 0 Å². The van der Waals surface area contributed by atoms with Crippen molar-refractivity contribution in [2.75, 3.05) is 32.0 Å². The summed E-state index contributed by atoms with van der Waals surface area (Å²) in [4.78, 5) is 17.3. The molecule has 0 radical (unpaired) electrons. The Morgan fingerprint density at radius 1 is 1.25 bits per heavy atom. The first-order valence-corrected chi connectivity index (χ1v) is 7.52. The highest BCUT2D eigenvalue weighted by Crippen LogP contribution is 2.25. The topological polar surface area (TPSA) is 35.6 Å². The van der Waals surface area contributed by atoms with Gasteiger partial charge in [0.1, 0.15) is 0 Å². The summed E-state index contributed by atoms with van der Waals surface area (Å²) in [6.45, 7) is 5.26. The average Bonchev–Trinajstić information content (AvgIpc) is 2.93. The van der Waals surface area contributed by atoms with Crippen LogP contribution >= 0.6 is 0 Å². The highest BCUT2D eigenvalue weighted by atomic mass is 16.2. The second-order valence-corrected chi connectivity index (χ2v) is 5.92. The van der Waals surface area contributed by atoms with Crippen molar-refractivity contribution in [2.24, 2.45) is 0 Å². The lowest BCUT2D eigenvalue weighted by Gasteiger charge is -2.42. The van der Waals surface area contributed by atoms with Crippen LogP contribution < -0.4 is 5.32 Å². The number of carbonyl (C=O) groups is 1. The second kappa shape index (κ2) is 5.44. The van der Waals surface area contributed by atoms with Crippen molar-refractivity contribution < 1.29 is 4.79 Å². The SMILES string of the molecule is CNc1ccc(C(=O)N2CC3CCCN3CC2C)cc1. The molecule has 0 aliphatic carbocycles. The van der Waals surface area contributed by atoms with Gasteiger partial charge in [0, 0.05) is 43.5 Å². The summed E-state index contributed by atoms with van der Waals surface area (Å²) in [6, 6.07) is 8.64. The molecule has 2 atom stereocenters. The van der Waals surface area contributed by atoms with Crippen molar-refractivity contribution >= 4 is 11.6 Å². The Hall–Kier alpha value is -1.55. The molecule has 4 nitrogen and oxygen atoms in total. The van der Waals surface area contributed by atoms with Gasteiger partial charge >= 0.3 is 0 Å². The molecule has 0 saturated carbocycles. The first-order valence-electron chi connectivity index (χ1n) is 7.52. The largest absolute Gasteiger partial charge is 0.388 e. The minimum Gasteiger partial charge on any atom is -0.388 e. The van der Waals surface area contributed by atoms with Gasteiger partial charge in [-0.15, -0.1) is 0 Å². The van der Waals surface area contributed by atoms with Crippen molar-refractivity contribution in [1.82, 2.24) is 9.80 Å². The van der Waals surface area contributed by atoms with Crippen molar-refractivity contribution in [3.8, 4) is 0 Å². The van der Waals surface area contributed by atoms with Crippen LogP contribution in [0.4, 0.5) is 5.69 Å². The van der Waals surface area contributed by atoms with Gasteiger partial charge in [0.15, 0.2) is 0 Å². The minimum absolute atomic E-state index is 0.173. The van der Waals surface area contributed by atoms with Gasteiger partial charge in [-0.3, -0.25) is 9.69 Å². The molecular weight excluding hydrogens is 250 g/mol. The molecule has 2 saturated heterocycles. The van der Waals surface area contributed by atoms with E-state index in [4.69, 9.17) is 0 Å². The number of hydrogen-bond donors (Lipinski definition) is 1. The molecule has 108 valence electrons. The first-order chi connectivity index (χ1) is 9.69. The van der Waals surface area contributed by atoms with Crippen LogP contribution in [0.15, 0.2) is 24.3 Å². The number of fused-ring (bicyclic) bond motifs is 1. The van der Waals surface area contributed by atoms with Crippen LogP contribution in [0.5, 0.6) is 0 Å². The van der Waals surface area contributed by atoms with E-state index in [2.05, 4.69) is 22.0 Å². The molecule has 4 heteroatoms. The molecule has 2 heterocycles. The molecule has 2 unspecified atom stereocenters. The molecule has 2 aliphatic heterocycles.